The number of alkyl halides is 3. The molecule has 1 saturated heterocycles. The fourth-order valence-corrected chi connectivity index (χ4v) is 7.96. The van der Waals surface area contributed by atoms with Crippen molar-refractivity contribution >= 4 is 44.2 Å². The second-order valence-corrected chi connectivity index (χ2v) is 17.5. The van der Waals surface area contributed by atoms with Gasteiger partial charge in [-0.05, 0) is 67.3 Å². The number of rotatable bonds is 11. The van der Waals surface area contributed by atoms with Gasteiger partial charge in [-0.15, -0.1) is 6.58 Å². The molecule has 2 aromatic carbocycles. The predicted octanol–water partition coefficient (Wildman–Crippen LogP) is 5.33. The van der Waals surface area contributed by atoms with E-state index in [-0.39, 0.29) is 31.0 Å². The molecule has 16 heteroatoms. The van der Waals surface area contributed by atoms with Gasteiger partial charge in [0.05, 0.1) is 16.9 Å². The van der Waals surface area contributed by atoms with Gasteiger partial charge in [-0.2, -0.15) is 13.2 Å². The lowest BCUT2D eigenvalue weighted by Crippen LogP contribution is -2.59. The average Bonchev–Trinajstić information content (AvgIpc) is 3.97. The Kier molecular flexibility index (Phi) is 9.53. The van der Waals surface area contributed by atoms with Gasteiger partial charge in [-0.25, -0.2) is 17.8 Å². The molecule has 2 heterocycles. The van der Waals surface area contributed by atoms with E-state index in [1.165, 1.54) is 17.9 Å². The fraction of sp³-hybridized carbons (Fsp3) is 0.459. The van der Waals surface area contributed by atoms with Crippen LogP contribution in [0.15, 0.2) is 67.4 Å². The number of hydrogen-bond acceptors (Lipinski definition) is 8. The van der Waals surface area contributed by atoms with E-state index in [2.05, 4.69) is 26.9 Å². The fourth-order valence-electron chi connectivity index (χ4n) is 6.65. The van der Waals surface area contributed by atoms with Gasteiger partial charge in [-0.3, -0.25) is 19.1 Å². The minimum atomic E-state index is -4.99. The number of aromatic nitrogens is 1. The first kappa shape index (κ1) is 38.0. The second kappa shape index (κ2) is 13.3. The van der Waals surface area contributed by atoms with Gasteiger partial charge >= 0.3 is 6.18 Å². The number of halogens is 4. The number of amides is 3. The molecule has 5 atom stereocenters. The van der Waals surface area contributed by atoms with Crippen LogP contribution in [0.25, 0.3) is 10.8 Å². The molecule has 3 amide bonds. The first-order chi connectivity index (χ1) is 24.7. The summed E-state index contributed by atoms with van der Waals surface area (Å²) >= 11 is 0. The van der Waals surface area contributed by atoms with Crippen LogP contribution in [0.5, 0.6) is 5.88 Å². The smallest absolute Gasteiger partial charge is 0.419 e. The molecule has 2 aliphatic carbocycles. The lowest BCUT2D eigenvalue weighted by atomic mass is 9.85. The SMILES string of the molecule is C=C[C@@H]1C[C@]1(NC(=O)[C@@H]1C[C@@H](Oc2nccc3ccccc23)CN1C(=O)[C@@H](Nc1ccc(F)c(C(F)(F)F)c1)C(C)(C)C)C(=O)NS(=O)(=O)C1(C)CC1. The number of hydrogen-bond donors (Lipinski definition) is 3. The number of anilines is 1. The summed E-state index contributed by atoms with van der Waals surface area (Å²) in [5.74, 6) is -4.18. The standard InChI is InChI=1S/C37H41F4N5O6S/c1-6-22-19-36(22,33(49)45-53(50,51)35(5)14-15-35)44-30(47)28-18-24(52-31-25-10-8-7-9-21(25)13-16-42-31)20-46(28)32(48)29(34(2,3)4)43-23-11-12-27(38)26(17-23)37(39,40)41/h6-13,16-17,22,24,28-29,43H,1,14-15,18-20H2,2-5H3,(H,44,47)(H,45,49)/t22-,24-,28+,29-,36-/m1/s1. The maximum atomic E-state index is 14.6. The van der Waals surface area contributed by atoms with E-state index in [9.17, 15) is 40.4 Å². The summed E-state index contributed by atoms with van der Waals surface area (Å²) in [6, 6.07) is 8.93. The van der Waals surface area contributed by atoms with Crippen molar-refractivity contribution < 1.29 is 45.1 Å². The quantitative estimate of drug-likeness (QED) is 0.176. The molecule has 3 fully saturated rings. The van der Waals surface area contributed by atoms with E-state index in [1.807, 2.05) is 12.1 Å². The number of ether oxygens (including phenoxy) is 1. The third-order valence-corrected chi connectivity index (χ3v) is 12.5. The molecular weight excluding hydrogens is 718 g/mol. The van der Waals surface area contributed by atoms with E-state index in [0.717, 1.165) is 11.5 Å². The monoisotopic (exact) mass is 759 g/mol. The first-order valence-electron chi connectivity index (χ1n) is 17.1. The van der Waals surface area contributed by atoms with Crippen molar-refractivity contribution in [2.75, 3.05) is 11.9 Å². The number of carbonyl (C=O) groups excluding carboxylic acids is 3. The van der Waals surface area contributed by atoms with Crippen LogP contribution in [-0.2, 0) is 30.6 Å². The highest BCUT2D eigenvalue weighted by atomic mass is 32.2. The number of sulfonamides is 1. The summed E-state index contributed by atoms with van der Waals surface area (Å²) in [7, 11) is -4.05. The van der Waals surface area contributed by atoms with Crippen LogP contribution in [0.3, 0.4) is 0 Å². The minimum Gasteiger partial charge on any atom is -0.472 e. The lowest BCUT2D eigenvalue weighted by molar-refractivity contribution is -0.141. The van der Waals surface area contributed by atoms with Crippen molar-refractivity contribution in [3.63, 3.8) is 0 Å². The number of carbonyl (C=O) groups is 3. The van der Waals surface area contributed by atoms with Gasteiger partial charge in [0.25, 0.3) is 5.91 Å². The van der Waals surface area contributed by atoms with Crippen LogP contribution in [-0.4, -0.2) is 71.0 Å². The maximum Gasteiger partial charge on any atom is 0.419 e. The molecule has 0 unspecified atom stereocenters. The van der Waals surface area contributed by atoms with Gasteiger partial charge in [0, 0.05) is 29.6 Å². The summed E-state index contributed by atoms with van der Waals surface area (Å²) in [6.07, 6.45) is -2.04. The van der Waals surface area contributed by atoms with Crippen molar-refractivity contribution in [3.05, 3.63) is 78.8 Å². The number of likely N-dealkylation sites (tertiary alicyclic amines) is 1. The van der Waals surface area contributed by atoms with Gasteiger partial charge < -0.3 is 20.3 Å². The molecule has 3 N–H and O–H groups in total. The zero-order valence-corrected chi connectivity index (χ0v) is 30.4. The van der Waals surface area contributed by atoms with Crippen molar-refractivity contribution in [3.8, 4) is 5.88 Å². The van der Waals surface area contributed by atoms with Crippen molar-refractivity contribution in [2.24, 2.45) is 11.3 Å². The first-order valence-corrected chi connectivity index (χ1v) is 18.6. The normalized spacial score (nSPS) is 24.2. The molecule has 1 aromatic heterocycles. The van der Waals surface area contributed by atoms with Crippen LogP contribution in [0.2, 0.25) is 0 Å². The molecular formula is C37H41F4N5O6S. The highest BCUT2D eigenvalue weighted by Gasteiger charge is 2.63. The number of nitrogens with zero attached hydrogens (tertiary/aromatic N) is 2. The molecule has 2 saturated carbocycles. The minimum absolute atomic E-state index is 0.0685. The van der Waals surface area contributed by atoms with E-state index < -0.39 is 85.1 Å². The molecule has 0 radical (unpaired) electrons. The molecule has 3 aliphatic rings. The molecule has 53 heavy (non-hydrogen) atoms. The van der Waals surface area contributed by atoms with E-state index in [1.54, 1.807) is 45.2 Å². The number of benzene rings is 2. The van der Waals surface area contributed by atoms with Crippen LogP contribution in [0, 0.1) is 17.2 Å². The molecule has 11 nitrogen and oxygen atoms in total. The predicted molar refractivity (Wildman–Crippen MR) is 188 cm³/mol. The number of pyridine rings is 1. The third-order valence-electron chi connectivity index (χ3n) is 10.3. The Morgan fingerprint density at radius 2 is 1.79 bits per heavy atom. The molecule has 6 rings (SSSR count). The summed E-state index contributed by atoms with van der Waals surface area (Å²) in [5, 5.41) is 7.07. The zero-order valence-electron chi connectivity index (χ0n) is 29.6. The number of fused-ring (bicyclic) bond motifs is 1. The Hall–Kier alpha value is -4.73. The molecule has 284 valence electrons. The van der Waals surface area contributed by atoms with Crippen molar-refractivity contribution in [2.45, 2.75) is 88.0 Å². The summed E-state index contributed by atoms with van der Waals surface area (Å²) < 4.78 is 88.2. The topological polar surface area (TPSA) is 147 Å². The van der Waals surface area contributed by atoms with Gasteiger partial charge in [0.15, 0.2) is 0 Å². The second-order valence-electron chi connectivity index (χ2n) is 15.3. The highest BCUT2D eigenvalue weighted by molar-refractivity contribution is 7.91. The Morgan fingerprint density at radius 3 is 2.42 bits per heavy atom. The van der Waals surface area contributed by atoms with Crippen LogP contribution in [0.4, 0.5) is 23.2 Å². The Bertz CT molecular complexity index is 2080. The van der Waals surface area contributed by atoms with Crippen molar-refractivity contribution in [1.29, 1.82) is 0 Å². The summed E-state index contributed by atoms with van der Waals surface area (Å²) in [5.41, 5.74) is -4.29. The summed E-state index contributed by atoms with van der Waals surface area (Å²) in [4.78, 5) is 48.0. The largest absolute Gasteiger partial charge is 0.472 e. The highest BCUT2D eigenvalue weighted by Crippen LogP contribution is 2.47. The Labute approximate surface area is 304 Å². The molecule has 0 bridgehead atoms. The molecule has 1 aliphatic heterocycles. The average molecular weight is 760 g/mol. The zero-order chi connectivity index (χ0) is 38.7. The van der Waals surface area contributed by atoms with Gasteiger partial charge in [0.1, 0.15) is 29.5 Å². The van der Waals surface area contributed by atoms with Crippen molar-refractivity contribution in [1.82, 2.24) is 19.9 Å². The Morgan fingerprint density at radius 1 is 1.09 bits per heavy atom. The Balaban J connectivity index is 1.31. The van der Waals surface area contributed by atoms with Crippen LogP contribution in [0.1, 0.15) is 58.9 Å². The summed E-state index contributed by atoms with van der Waals surface area (Å²) in [6.45, 7) is 10.1. The van der Waals surface area contributed by atoms with E-state index >= 15 is 0 Å². The van der Waals surface area contributed by atoms with E-state index in [0.29, 0.717) is 30.4 Å². The van der Waals surface area contributed by atoms with Crippen LogP contribution >= 0.6 is 0 Å². The lowest BCUT2D eigenvalue weighted by Gasteiger charge is -2.36. The molecule has 0 spiro atoms. The third kappa shape index (κ3) is 7.42. The molecule has 3 aromatic rings. The number of nitrogens with one attached hydrogen (secondary N) is 3. The van der Waals surface area contributed by atoms with E-state index in [4.69, 9.17) is 4.74 Å². The van der Waals surface area contributed by atoms with Gasteiger partial charge in [0.2, 0.25) is 27.7 Å². The van der Waals surface area contributed by atoms with Gasteiger partial charge in [-0.1, -0.05) is 45.0 Å². The maximum absolute atomic E-state index is 14.6. The van der Waals surface area contributed by atoms with Crippen LogP contribution < -0.4 is 20.1 Å².